The molecule has 0 aliphatic carbocycles. The van der Waals surface area contributed by atoms with Gasteiger partial charge in [0.25, 0.3) is 6.47 Å². The van der Waals surface area contributed by atoms with E-state index in [1.54, 1.807) is 0 Å². The number of benzene rings is 1. The van der Waals surface area contributed by atoms with Gasteiger partial charge in [-0.1, -0.05) is 12.0 Å². The molecule has 0 unspecified atom stereocenters. The third kappa shape index (κ3) is 2.01. The summed E-state index contributed by atoms with van der Waals surface area (Å²) in [5.74, 6) is 3.21. The first kappa shape index (κ1) is 10.6. The van der Waals surface area contributed by atoms with Gasteiger partial charge in [0.15, 0.2) is 0 Å². The number of terminal acetylenes is 1. The van der Waals surface area contributed by atoms with Crippen LogP contribution >= 0.6 is 0 Å². The second kappa shape index (κ2) is 4.71. The van der Waals surface area contributed by atoms with E-state index in [2.05, 4.69) is 10.8 Å². The maximum absolute atomic E-state index is 10.3. The van der Waals surface area contributed by atoms with Crippen LogP contribution in [0.5, 0.6) is 5.75 Å². The highest BCUT2D eigenvalue weighted by Gasteiger charge is 2.16. The van der Waals surface area contributed by atoms with Gasteiger partial charge in [0.05, 0.1) is 6.54 Å². The number of aryl methyl sites for hydroxylation is 1. The lowest BCUT2D eigenvalue weighted by molar-refractivity contribution is -0.120. The van der Waals surface area contributed by atoms with Crippen molar-refractivity contribution in [3.8, 4) is 18.1 Å². The zero-order valence-corrected chi connectivity index (χ0v) is 8.98. The molecule has 0 saturated heterocycles. The Morgan fingerprint density at radius 1 is 1.56 bits per heavy atom. The first-order chi connectivity index (χ1) is 7.85. The van der Waals surface area contributed by atoms with E-state index in [9.17, 15) is 4.79 Å². The Labute approximate surface area is 95.0 Å². The molecule has 0 radical (unpaired) electrons. The minimum Gasteiger partial charge on any atom is -0.429 e. The molecule has 3 nitrogen and oxygen atoms in total. The highest BCUT2D eigenvalue weighted by atomic mass is 16.5. The highest BCUT2D eigenvalue weighted by molar-refractivity contribution is 5.61. The van der Waals surface area contributed by atoms with Crippen LogP contribution in [0.15, 0.2) is 18.2 Å². The summed E-state index contributed by atoms with van der Waals surface area (Å²) in [6.07, 6.45) is 7.50. The van der Waals surface area contributed by atoms with Crippen LogP contribution in [0.25, 0.3) is 0 Å². The molecule has 0 spiro atoms. The second-order valence-corrected chi connectivity index (χ2v) is 3.73. The fourth-order valence-corrected chi connectivity index (χ4v) is 2.03. The molecular weight excluding hydrogens is 202 g/mol. The van der Waals surface area contributed by atoms with Crippen molar-refractivity contribution in [2.75, 3.05) is 18.0 Å². The summed E-state index contributed by atoms with van der Waals surface area (Å²) in [7, 11) is 0. The van der Waals surface area contributed by atoms with Gasteiger partial charge in [-0.25, -0.2) is 0 Å². The van der Waals surface area contributed by atoms with E-state index >= 15 is 0 Å². The van der Waals surface area contributed by atoms with Crippen molar-refractivity contribution in [3.63, 3.8) is 0 Å². The SMILES string of the molecule is C#CCN1CCCc2ccc(OC=O)cc21. The molecule has 0 fully saturated rings. The van der Waals surface area contributed by atoms with Crippen molar-refractivity contribution < 1.29 is 9.53 Å². The van der Waals surface area contributed by atoms with Gasteiger partial charge in [-0.15, -0.1) is 6.42 Å². The molecule has 0 atom stereocenters. The summed E-state index contributed by atoms with van der Waals surface area (Å²) in [4.78, 5) is 12.4. The van der Waals surface area contributed by atoms with E-state index in [0.717, 1.165) is 25.1 Å². The van der Waals surface area contributed by atoms with Crippen molar-refractivity contribution in [2.24, 2.45) is 0 Å². The number of ether oxygens (including phenoxy) is 1. The standard InChI is InChI=1S/C13H13NO2/c1-2-7-14-8-3-4-11-5-6-12(16-10-15)9-13(11)14/h1,5-6,9-10H,3-4,7-8H2. The van der Waals surface area contributed by atoms with Gasteiger partial charge in [-0.3, -0.25) is 4.79 Å². The lowest BCUT2D eigenvalue weighted by atomic mass is 10.0. The smallest absolute Gasteiger partial charge is 0.298 e. The predicted molar refractivity (Wildman–Crippen MR) is 62.5 cm³/mol. The minimum atomic E-state index is 0.441. The van der Waals surface area contributed by atoms with Crippen LogP contribution in [-0.4, -0.2) is 19.6 Å². The Kier molecular flexibility index (Phi) is 3.11. The Hall–Kier alpha value is -1.95. The maximum Gasteiger partial charge on any atom is 0.298 e. The Bertz CT molecular complexity index is 434. The van der Waals surface area contributed by atoms with Gasteiger partial charge < -0.3 is 9.64 Å². The van der Waals surface area contributed by atoms with Crippen molar-refractivity contribution in [1.29, 1.82) is 0 Å². The molecule has 0 bridgehead atoms. The number of carbonyl (C=O) groups excluding carboxylic acids is 1. The molecule has 2 rings (SSSR count). The molecule has 1 heterocycles. The largest absolute Gasteiger partial charge is 0.429 e. The molecule has 3 heteroatoms. The number of fused-ring (bicyclic) bond motifs is 1. The van der Waals surface area contributed by atoms with Crippen molar-refractivity contribution >= 4 is 12.2 Å². The molecule has 0 amide bonds. The summed E-state index contributed by atoms with van der Waals surface area (Å²) in [5.41, 5.74) is 2.35. The zero-order chi connectivity index (χ0) is 11.4. The summed E-state index contributed by atoms with van der Waals surface area (Å²) in [6, 6.07) is 5.68. The van der Waals surface area contributed by atoms with Crippen LogP contribution in [0.1, 0.15) is 12.0 Å². The van der Waals surface area contributed by atoms with Crippen LogP contribution < -0.4 is 9.64 Å². The molecule has 0 aromatic heterocycles. The van der Waals surface area contributed by atoms with Gasteiger partial charge in [-0.05, 0) is 24.5 Å². The molecule has 16 heavy (non-hydrogen) atoms. The summed E-state index contributed by atoms with van der Waals surface area (Å²) >= 11 is 0. The predicted octanol–water partition coefficient (Wildman–Crippen LogP) is 1.61. The molecule has 1 aliphatic rings. The van der Waals surface area contributed by atoms with Gasteiger partial charge in [0.1, 0.15) is 5.75 Å². The highest BCUT2D eigenvalue weighted by Crippen LogP contribution is 2.30. The Balaban J connectivity index is 2.33. The summed E-state index contributed by atoms with van der Waals surface area (Å²) in [5, 5.41) is 0. The van der Waals surface area contributed by atoms with Crippen LogP contribution in [0, 0.1) is 12.3 Å². The van der Waals surface area contributed by atoms with E-state index in [0.29, 0.717) is 18.8 Å². The zero-order valence-electron chi connectivity index (χ0n) is 8.98. The number of hydrogen-bond donors (Lipinski definition) is 0. The topological polar surface area (TPSA) is 29.5 Å². The van der Waals surface area contributed by atoms with Gasteiger partial charge in [0.2, 0.25) is 0 Å². The average Bonchev–Trinajstić information content (AvgIpc) is 2.31. The molecule has 0 saturated carbocycles. The molecule has 0 N–H and O–H groups in total. The number of nitrogens with zero attached hydrogens (tertiary/aromatic N) is 1. The van der Waals surface area contributed by atoms with Crippen molar-refractivity contribution in [3.05, 3.63) is 23.8 Å². The maximum atomic E-state index is 10.3. The lowest BCUT2D eigenvalue weighted by Gasteiger charge is -2.29. The second-order valence-electron chi connectivity index (χ2n) is 3.73. The van der Waals surface area contributed by atoms with E-state index in [1.807, 2.05) is 18.2 Å². The van der Waals surface area contributed by atoms with Crippen molar-refractivity contribution in [1.82, 2.24) is 0 Å². The van der Waals surface area contributed by atoms with E-state index in [-0.39, 0.29) is 0 Å². The first-order valence-corrected chi connectivity index (χ1v) is 5.27. The minimum absolute atomic E-state index is 0.441. The van der Waals surface area contributed by atoms with Crippen LogP contribution in [-0.2, 0) is 11.2 Å². The van der Waals surface area contributed by atoms with E-state index in [4.69, 9.17) is 11.2 Å². The fraction of sp³-hybridized carbons (Fsp3) is 0.308. The molecule has 1 aliphatic heterocycles. The number of anilines is 1. The third-order valence-electron chi connectivity index (χ3n) is 2.74. The number of rotatable bonds is 3. The third-order valence-corrected chi connectivity index (χ3v) is 2.74. The average molecular weight is 215 g/mol. The van der Waals surface area contributed by atoms with E-state index in [1.165, 1.54) is 5.56 Å². The molecule has 82 valence electrons. The van der Waals surface area contributed by atoms with Gasteiger partial charge >= 0.3 is 0 Å². The Morgan fingerprint density at radius 3 is 3.19 bits per heavy atom. The fourth-order valence-electron chi connectivity index (χ4n) is 2.03. The monoisotopic (exact) mass is 215 g/mol. The molecule has 1 aromatic carbocycles. The van der Waals surface area contributed by atoms with Crippen LogP contribution in [0.4, 0.5) is 5.69 Å². The van der Waals surface area contributed by atoms with Crippen LogP contribution in [0.3, 0.4) is 0 Å². The summed E-state index contributed by atoms with van der Waals surface area (Å²) in [6.45, 7) is 2.00. The quantitative estimate of drug-likeness (QED) is 0.566. The molecule has 1 aromatic rings. The first-order valence-electron chi connectivity index (χ1n) is 5.27. The Morgan fingerprint density at radius 2 is 2.44 bits per heavy atom. The van der Waals surface area contributed by atoms with Crippen molar-refractivity contribution in [2.45, 2.75) is 12.8 Å². The van der Waals surface area contributed by atoms with Gasteiger partial charge in [0, 0.05) is 18.3 Å². The normalized spacial score (nSPS) is 13.8. The number of carbonyl (C=O) groups is 1. The van der Waals surface area contributed by atoms with E-state index < -0.39 is 0 Å². The lowest BCUT2D eigenvalue weighted by Crippen LogP contribution is -2.29. The molecular formula is C13H13NO2. The number of hydrogen-bond acceptors (Lipinski definition) is 3. The summed E-state index contributed by atoms with van der Waals surface area (Å²) < 4.78 is 4.84. The van der Waals surface area contributed by atoms with Crippen LogP contribution in [0.2, 0.25) is 0 Å². The van der Waals surface area contributed by atoms with Gasteiger partial charge in [-0.2, -0.15) is 0 Å².